The Kier molecular flexibility index (Phi) is 5.25. The largest absolute Gasteiger partial charge is 0.468 e. The lowest BCUT2D eigenvalue weighted by Gasteiger charge is -2.27. The van der Waals surface area contributed by atoms with E-state index in [1.54, 1.807) is 0 Å². The van der Waals surface area contributed by atoms with Crippen molar-refractivity contribution in [2.45, 2.75) is 25.8 Å². The van der Waals surface area contributed by atoms with E-state index in [0.717, 1.165) is 19.4 Å². The SMILES string of the molecule is COC(=O)C1NCCCC1C.Cl. The fraction of sp³-hybridized carbons (Fsp3) is 0.875. The lowest BCUT2D eigenvalue weighted by atomic mass is 9.93. The molecule has 1 aliphatic rings. The quantitative estimate of drug-likeness (QED) is 0.631. The molecule has 1 fully saturated rings. The van der Waals surface area contributed by atoms with Gasteiger partial charge in [-0.25, -0.2) is 0 Å². The summed E-state index contributed by atoms with van der Waals surface area (Å²) in [5.74, 6) is 0.286. The minimum absolute atomic E-state index is 0. The maximum Gasteiger partial charge on any atom is 0.323 e. The van der Waals surface area contributed by atoms with Gasteiger partial charge in [-0.3, -0.25) is 4.79 Å². The summed E-state index contributed by atoms with van der Waals surface area (Å²) in [6.07, 6.45) is 2.28. The van der Waals surface area contributed by atoms with Crippen LogP contribution in [0.2, 0.25) is 0 Å². The molecule has 1 rings (SSSR count). The number of carbonyl (C=O) groups excluding carboxylic acids is 1. The number of nitrogens with one attached hydrogen (secondary N) is 1. The van der Waals surface area contributed by atoms with Gasteiger partial charge < -0.3 is 10.1 Å². The summed E-state index contributed by atoms with van der Waals surface area (Å²) in [5, 5.41) is 3.14. The zero-order chi connectivity index (χ0) is 8.27. The number of esters is 1. The molecule has 72 valence electrons. The maximum atomic E-state index is 11.1. The van der Waals surface area contributed by atoms with Crippen LogP contribution in [0.4, 0.5) is 0 Å². The average molecular weight is 194 g/mol. The molecular weight excluding hydrogens is 178 g/mol. The Morgan fingerprint density at radius 1 is 1.58 bits per heavy atom. The molecule has 0 saturated carbocycles. The van der Waals surface area contributed by atoms with Gasteiger partial charge in [-0.05, 0) is 25.3 Å². The zero-order valence-corrected chi connectivity index (χ0v) is 8.32. The first-order chi connectivity index (χ1) is 5.25. The molecule has 0 amide bonds. The minimum Gasteiger partial charge on any atom is -0.468 e. The fourth-order valence-corrected chi connectivity index (χ4v) is 1.49. The third-order valence-corrected chi connectivity index (χ3v) is 2.22. The van der Waals surface area contributed by atoms with Crippen molar-refractivity contribution in [3.8, 4) is 0 Å². The van der Waals surface area contributed by atoms with E-state index in [4.69, 9.17) is 0 Å². The number of halogens is 1. The van der Waals surface area contributed by atoms with Crippen molar-refractivity contribution in [2.24, 2.45) is 5.92 Å². The molecule has 3 nitrogen and oxygen atoms in total. The summed E-state index contributed by atoms with van der Waals surface area (Å²) in [5.41, 5.74) is 0. The van der Waals surface area contributed by atoms with Crippen molar-refractivity contribution < 1.29 is 9.53 Å². The molecular formula is C8H16ClNO2. The van der Waals surface area contributed by atoms with Gasteiger partial charge in [0.1, 0.15) is 6.04 Å². The molecule has 0 radical (unpaired) electrons. The van der Waals surface area contributed by atoms with Gasteiger partial charge in [0.25, 0.3) is 0 Å². The van der Waals surface area contributed by atoms with Crippen LogP contribution >= 0.6 is 12.4 Å². The van der Waals surface area contributed by atoms with Crippen LogP contribution < -0.4 is 5.32 Å². The molecule has 0 bridgehead atoms. The van der Waals surface area contributed by atoms with E-state index in [0.29, 0.717) is 5.92 Å². The lowest BCUT2D eigenvalue weighted by molar-refractivity contribution is -0.145. The summed E-state index contributed by atoms with van der Waals surface area (Å²) in [6.45, 7) is 3.01. The molecule has 1 aliphatic heterocycles. The first-order valence-electron chi connectivity index (χ1n) is 4.07. The van der Waals surface area contributed by atoms with Crippen LogP contribution in [0.3, 0.4) is 0 Å². The van der Waals surface area contributed by atoms with E-state index >= 15 is 0 Å². The summed E-state index contributed by atoms with van der Waals surface area (Å²) in [4.78, 5) is 11.1. The van der Waals surface area contributed by atoms with Crippen LogP contribution in [0.25, 0.3) is 0 Å². The highest BCUT2D eigenvalue weighted by Crippen LogP contribution is 2.15. The van der Waals surface area contributed by atoms with Crippen LogP contribution in [0.15, 0.2) is 0 Å². The monoisotopic (exact) mass is 193 g/mol. The van der Waals surface area contributed by atoms with E-state index < -0.39 is 0 Å². The highest BCUT2D eigenvalue weighted by Gasteiger charge is 2.27. The molecule has 1 N–H and O–H groups in total. The van der Waals surface area contributed by atoms with Gasteiger partial charge in [0, 0.05) is 0 Å². The van der Waals surface area contributed by atoms with Crippen molar-refractivity contribution in [1.82, 2.24) is 5.32 Å². The Hall–Kier alpha value is -0.280. The predicted molar refractivity (Wildman–Crippen MR) is 49.5 cm³/mol. The molecule has 0 aromatic carbocycles. The molecule has 2 unspecified atom stereocenters. The van der Waals surface area contributed by atoms with Gasteiger partial charge in [-0.15, -0.1) is 12.4 Å². The summed E-state index contributed by atoms with van der Waals surface area (Å²) in [6, 6.07) is -0.0752. The predicted octanol–water partition coefficient (Wildman–Crippen LogP) is 0.969. The number of rotatable bonds is 1. The van der Waals surface area contributed by atoms with Gasteiger partial charge in [0.05, 0.1) is 7.11 Å². The molecule has 0 aromatic rings. The molecule has 4 heteroatoms. The van der Waals surface area contributed by atoms with Crippen LogP contribution in [0.5, 0.6) is 0 Å². The molecule has 1 saturated heterocycles. The number of hydrogen-bond donors (Lipinski definition) is 1. The number of piperidine rings is 1. The molecule has 0 aliphatic carbocycles. The van der Waals surface area contributed by atoms with Crippen molar-refractivity contribution >= 4 is 18.4 Å². The Bertz CT molecular complexity index is 152. The Labute approximate surface area is 79.3 Å². The van der Waals surface area contributed by atoms with Crippen molar-refractivity contribution in [1.29, 1.82) is 0 Å². The van der Waals surface area contributed by atoms with Crippen LogP contribution in [-0.4, -0.2) is 25.7 Å². The van der Waals surface area contributed by atoms with E-state index in [1.165, 1.54) is 7.11 Å². The van der Waals surface area contributed by atoms with Crippen LogP contribution in [0, 0.1) is 5.92 Å². The third-order valence-electron chi connectivity index (χ3n) is 2.22. The molecule has 0 aromatic heterocycles. The molecule has 1 heterocycles. The van der Waals surface area contributed by atoms with Gasteiger partial charge in [-0.1, -0.05) is 6.92 Å². The maximum absolute atomic E-state index is 11.1. The number of hydrogen-bond acceptors (Lipinski definition) is 3. The summed E-state index contributed by atoms with van der Waals surface area (Å²) >= 11 is 0. The van der Waals surface area contributed by atoms with Crippen LogP contribution in [-0.2, 0) is 9.53 Å². The van der Waals surface area contributed by atoms with Crippen molar-refractivity contribution in [2.75, 3.05) is 13.7 Å². The Morgan fingerprint density at radius 2 is 2.25 bits per heavy atom. The smallest absolute Gasteiger partial charge is 0.323 e. The topological polar surface area (TPSA) is 38.3 Å². The Morgan fingerprint density at radius 3 is 2.75 bits per heavy atom. The fourth-order valence-electron chi connectivity index (χ4n) is 1.49. The first-order valence-corrected chi connectivity index (χ1v) is 4.07. The van der Waals surface area contributed by atoms with Gasteiger partial charge >= 0.3 is 5.97 Å². The third kappa shape index (κ3) is 2.64. The van der Waals surface area contributed by atoms with Crippen LogP contribution in [0.1, 0.15) is 19.8 Å². The zero-order valence-electron chi connectivity index (χ0n) is 7.50. The normalized spacial score (nSPS) is 28.8. The van der Waals surface area contributed by atoms with Crippen molar-refractivity contribution in [3.05, 3.63) is 0 Å². The minimum atomic E-state index is -0.128. The summed E-state index contributed by atoms with van der Waals surface area (Å²) < 4.78 is 4.66. The van der Waals surface area contributed by atoms with Crippen molar-refractivity contribution in [3.63, 3.8) is 0 Å². The first kappa shape index (κ1) is 11.7. The van der Waals surface area contributed by atoms with Gasteiger partial charge in [-0.2, -0.15) is 0 Å². The average Bonchev–Trinajstić information content (AvgIpc) is 2.04. The molecule has 12 heavy (non-hydrogen) atoms. The van der Waals surface area contributed by atoms with E-state index in [-0.39, 0.29) is 24.4 Å². The second-order valence-corrected chi connectivity index (χ2v) is 3.07. The molecule has 0 spiro atoms. The second-order valence-electron chi connectivity index (χ2n) is 3.07. The lowest BCUT2D eigenvalue weighted by Crippen LogP contribution is -2.46. The van der Waals surface area contributed by atoms with E-state index in [1.807, 2.05) is 0 Å². The van der Waals surface area contributed by atoms with E-state index in [2.05, 4.69) is 17.0 Å². The second kappa shape index (κ2) is 5.38. The summed E-state index contributed by atoms with van der Waals surface area (Å²) in [7, 11) is 1.44. The Balaban J connectivity index is 0.00000121. The highest BCUT2D eigenvalue weighted by atomic mass is 35.5. The highest BCUT2D eigenvalue weighted by molar-refractivity contribution is 5.85. The number of methoxy groups -OCH3 is 1. The number of ether oxygens (including phenoxy) is 1. The van der Waals surface area contributed by atoms with Gasteiger partial charge in [0.2, 0.25) is 0 Å². The standard InChI is InChI=1S/C8H15NO2.ClH/c1-6-4-3-5-9-7(6)8(10)11-2;/h6-7,9H,3-5H2,1-2H3;1H. The van der Waals surface area contributed by atoms with Gasteiger partial charge in [0.15, 0.2) is 0 Å². The molecule has 2 atom stereocenters. The van der Waals surface area contributed by atoms with E-state index in [9.17, 15) is 4.79 Å². The number of carbonyl (C=O) groups is 1.